The summed E-state index contributed by atoms with van der Waals surface area (Å²) in [5, 5.41) is 2.90. The number of nitrogens with one attached hydrogen (secondary N) is 1. The van der Waals surface area contributed by atoms with E-state index in [-0.39, 0.29) is 11.3 Å². The number of carbonyl (C=O) groups excluding carboxylic acids is 1. The summed E-state index contributed by atoms with van der Waals surface area (Å²) in [4.78, 5) is 11.7. The average Bonchev–Trinajstić information content (AvgIpc) is 2.71. The number of rotatable bonds is 3. The third kappa shape index (κ3) is 1.50. The molecule has 0 heterocycles. The molecule has 13 heavy (non-hydrogen) atoms. The van der Waals surface area contributed by atoms with Gasteiger partial charge in [-0.15, -0.1) is 6.58 Å². The normalized spacial score (nSPS) is 41.0. The molecule has 2 aliphatic rings. The third-order valence-corrected chi connectivity index (χ3v) is 3.45. The van der Waals surface area contributed by atoms with Crippen LogP contribution in [0.5, 0.6) is 0 Å². The van der Waals surface area contributed by atoms with E-state index in [1.54, 1.807) is 6.08 Å². The van der Waals surface area contributed by atoms with Gasteiger partial charge in [-0.1, -0.05) is 13.0 Å². The Kier molecular flexibility index (Phi) is 1.94. The van der Waals surface area contributed by atoms with E-state index in [1.165, 1.54) is 6.42 Å². The molecule has 0 radical (unpaired) electrons. The van der Waals surface area contributed by atoms with Crippen LogP contribution in [0, 0.1) is 17.3 Å². The second kappa shape index (κ2) is 2.86. The van der Waals surface area contributed by atoms with Gasteiger partial charge in [-0.2, -0.15) is 0 Å². The van der Waals surface area contributed by atoms with Crippen LogP contribution in [0.2, 0.25) is 0 Å². The Bertz CT molecular complexity index is 236. The van der Waals surface area contributed by atoms with Crippen LogP contribution in [0.3, 0.4) is 0 Å². The lowest BCUT2D eigenvalue weighted by atomic mass is 9.84. The molecule has 2 saturated carbocycles. The number of hydrogen-bond acceptors (Lipinski definition) is 1. The average molecular weight is 179 g/mol. The molecular weight excluding hydrogens is 162 g/mol. The van der Waals surface area contributed by atoms with Crippen molar-refractivity contribution in [2.45, 2.75) is 26.2 Å². The van der Waals surface area contributed by atoms with Crippen LogP contribution >= 0.6 is 0 Å². The fraction of sp³-hybridized carbons (Fsp3) is 0.727. The topological polar surface area (TPSA) is 29.1 Å². The molecule has 72 valence electrons. The van der Waals surface area contributed by atoms with Gasteiger partial charge in [0.15, 0.2) is 0 Å². The largest absolute Gasteiger partial charge is 0.352 e. The highest BCUT2D eigenvalue weighted by atomic mass is 16.2. The maximum absolute atomic E-state index is 11.7. The van der Waals surface area contributed by atoms with E-state index in [9.17, 15) is 4.79 Å². The van der Waals surface area contributed by atoms with Gasteiger partial charge in [-0.05, 0) is 31.1 Å². The second-order valence-electron chi connectivity index (χ2n) is 4.72. The minimum atomic E-state index is -0.0728. The lowest BCUT2D eigenvalue weighted by Crippen LogP contribution is -2.38. The van der Waals surface area contributed by atoms with Crippen molar-refractivity contribution >= 4 is 5.91 Å². The van der Waals surface area contributed by atoms with E-state index in [1.807, 2.05) is 0 Å². The first-order valence-electron chi connectivity index (χ1n) is 5.05. The van der Waals surface area contributed by atoms with Crippen molar-refractivity contribution in [3.05, 3.63) is 12.7 Å². The van der Waals surface area contributed by atoms with Crippen molar-refractivity contribution in [1.29, 1.82) is 0 Å². The summed E-state index contributed by atoms with van der Waals surface area (Å²) in [7, 11) is 0. The zero-order chi connectivity index (χ0) is 9.47. The number of hydrogen-bond donors (Lipinski definition) is 1. The molecule has 2 aliphatic carbocycles. The van der Waals surface area contributed by atoms with Crippen LogP contribution in [0.1, 0.15) is 26.2 Å². The zero-order valence-corrected chi connectivity index (χ0v) is 8.18. The molecule has 2 nitrogen and oxygen atoms in total. The lowest BCUT2D eigenvalue weighted by Gasteiger charge is -2.24. The van der Waals surface area contributed by atoms with Crippen LogP contribution < -0.4 is 5.32 Å². The Labute approximate surface area is 79.4 Å². The van der Waals surface area contributed by atoms with E-state index in [0.717, 1.165) is 24.7 Å². The fourth-order valence-corrected chi connectivity index (χ4v) is 2.61. The molecule has 1 N–H and O–H groups in total. The first kappa shape index (κ1) is 8.79. The maximum Gasteiger partial charge on any atom is 0.226 e. The summed E-state index contributed by atoms with van der Waals surface area (Å²) in [5.41, 5.74) is -0.0728. The van der Waals surface area contributed by atoms with Gasteiger partial charge in [0.1, 0.15) is 0 Å². The highest BCUT2D eigenvalue weighted by molar-refractivity contribution is 5.83. The molecule has 1 amide bonds. The summed E-state index contributed by atoms with van der Waals surface area (Å²) >= 11 is 0. The van der Waals surface area contributed by atoms with Crippen LogP contribution in [0.15, 0.2) is 12.7 Å². The van der Waals surface area contributed by atoms with Gasteiger partial charge in [-0.3, -0.25) is 4.79 Å². The van der Waals surface area contributed by atoms with Crippen LogP contribution in [0.25, 0.3) is 0 Å². The fourth-order valence-electron chi connectivity index (χ4n) is 2.61. The van der Waals surface area contributed by atoms with Crippen LogP contribution in [-0.4, -0.2) is 12.5 Å². The minimum absolute atomic E-state index is 0.0728. The molecule has 0 saturated heterocycles. The Morgan fingerprint density at radius 1 is 1.62 bits per heavy atom. The van der Waals surface area contributed by atoms with Gasteiger partial charge in [0.05, 0.1) is 0 Å². The summed E-state index contributed by atoms with van der Waals surface area (Å²) in [6.07, 6.45) is 5.29. The Balaban J connectivity index is 1.91. The van der Waals surface area contributed by atoms with Crippen molar-refractivity contribution < 1.29 is 4.79 Å². The van der Waals surface area contributed by atoms with Crippen molar-refractivity contribution in [1.82, 2.24) is 5.32 Å². The van der Waals surface area contributed by atoms with Gasteiger partial charge in [-0.25, -0.2) is 0 Å². The molecule has 2 heteroatoms. The van der Waals surface area contributed by atoms with E-state index in [4.69, 9.17) is 0 Å². The standard InChI is InChI=1S/C11H17NO/c1-3-4-12-10(13)11(2)6-8-5-9(8)7-11/h3,8-9H,1,4-7H2,2H3,(H,12,13). The molecule has 0 bridgehead atoms. The van der Waals surface area contributed by atoms with E-state index in [2.05, 4.69) is 18.8 Å². The zero-order valence-electron chi connectivity index (χ0n) is 8.18. The molecule has 2 unspecified atom stereocenters. The van der Waals surface area contributed by atoms with Crippen molar-refractivity contribution in [3.63, 3.8) is 0 Å². The van der Waals surface area contributed by atoms with E-state index < -0.39 is 0 Å². The molecular formula is C11H17NO. The quantitative estimate of drug-likeness (QED) is 0.657. The van der Waals surface area contributed by atoms with Gasteiger partial charge >= 0.3 is 0 Å². The van der Waals surface area contributed by atoms with Crippen LogP contribution in [0.4, 0.5) is 0 Å². The molecule has 2 rings (SSSR count). The second-order valence-corrected chi connectivity index (χ2v) is 4.72. The number of carbonyl (C=O) groups is 1. The SMILES string of the molecule is C=CCNC(=O)C1(C)CC2CC2C1. The van der Waals surface area contributed by atoms with Crippen molar-refractivity contribution in [3.8, 4) is 0 Å². The Hall–Kier alpha value is -0.790. The predicted molar refractivity (Wildman–Crippen MR) is 52.1 cm³/mol. The predicted octanol–water partition coefficient (Wildman–Crippen LogP) is 1.72. The van der Waals surface area contributed by atoms with Gasteiger partial charge in [0.2, 0.25) is 5.91 Å². The highest BCUT2D eigenvalue weighted by Crippen LogP contribution is 2.59. The third-order valence-electron chi connectivity index (χ3n) is 3.45. The van der Waals surface area contributed by atoms with Gasteiger partial charge in [0.25, 0.3) is 0 Å². The Morgan fingerprint density at radius 2 is 2.23 bits per heavy atom. The van der Waals surface area contributed by atoms with Gasteiger partial charge < -0.3 is 5.32 Å². The highest BCUT2D eigenvalue weighted by Gasteiger charge is 2.54. The molecule has 0 spiro atoms. The minimum Gasteiger partial charge on any atom is -0.352 e. The maximum atomic E-state index is 11.7. The van der Waals surface area contributed by atoms with Gasteiger partial charge in [0, 0.05) is 12.0 Å². The van der Waals surface area contributed by atoms with E-state index >= 15 is 0 Å². The molecule has 0 aromatic heterocycles. The number of amides is 1. The van der Waals surface area contributed by atoms with Crippen molar-refractivity contribution in [2.24, 2.45) is 17.3 Å². The number of fused-ring (bicyclic) bond motifs is 1. The first-order valence-corrected chi connectivity index (χ1v) is 5.05. The molecule has 0 aromatic carbocycles. The lowest BCUT2D eigenvalue weighted by molar-refractivity contribution is -0.130. The molecule has 2 fully saturated rings. The van der Waals surface area contributed by atoms with Crippen molar-refractivity contribution in [2.75, 3.05) is 6.54 Å². The Morgan fingerprint density at radius 3 is 2.77 bits per heavy atom. The molecule has 2 atom stereocenters. The smallest absolute Gasteiger partial charge is 0.226 e. The summed E-state index contributed by atoms with van der Waals surface area (Å²) in [6, 6.07) is 0. The van der Waals surface area contributed by atoms with Crippen LogP contribution in [-0.2, 0) is 4.79 Å². The summed E-state index contributed by atoms with van der Waals surface area (Å²) in [6.45, 7) is 6.29. The summed E-state index contributed by atoms with van der Waals surface area (Å²) in [5.74, 6) is 1.94. The molecule has 0 aliphatic heterocycles. The molecule has 0 aromatic rings. The van der Waals surface area contributed by atoms with E-state index in [0.29, 0.717) is 6.54 Å². The first-order chi connectivity index (χ1) is 6.15. The summed E-state index contributed by atoms with van der Waals surface area (Å²) < 4.78 is 0. The monoisotopic (exact) mass is 179 g/mol.